The zero-order chi connectivity index (χ0) is 22.3. The zero-order valence-corrected chi connectivity index (χ0v) is 19.9. The molecule has 1 amide bonds. The van der Waals surface area contributed by atoms with E-state index in [0.29, 0.717) is 5.92 Å². The van der Waals surface area contributed by atoms with Gasteiger partial charge < -0.3 is 20.3 Å². The van der Waals surface area contributed by atoms with Crippen LogP contribution in [-0.4, -0.2) is 79.6 Å². The molecule has 1 aromatic heterocycles. The summed E-state index contributed by atoms with van der Waals surface area (Å²) in [6, 6.07) is 10.00. The summed E-state index contributed by atoms with van der Waals surface area (Å²) >= 11 is 1.76. The topological polar surface area (TPSA) is 62.0 Å². The van der Waals surface area contributed by atoms with Crippen molar-refractivity contribution in [2.75, 3.05) is 52.9 Å². The molecule has 1 aromatic carbocycles. The van der Waals surface area contributed by atoms with Gasteiger partial charge in [-0.25, -0.2) is 0 Å². The lowest BCUT2D eigenvalue weighted by Crippen LogP contribution is -2.55. The van der Waals surface area contributed by atoms with E-state index in [1.54, 1.807) is 18.4 Å². The third-order valence-electron chi connectivity index (χ3n) is 6.99. The van der Waals surface area contributed by atoms with Crippen molar-refractivity contribution in [1.29, 1.82) is 0 Å². The normalized spacial score (nSPS) is 19.8. The van der Waals surface area contributed by atoms with Crippen LogP contribution in [0.1, 0.15) is 24.0 Å². The predicted molar refractivity (Wildman–Crippen MR) is 130 cm³/mol. The fraction of sp³-hybridized carbons (Fsp3) is 0.560. The fourth-order valence-electron chi connectivity index (χ4n) is 4.87. The maximum atomic E-state index is 13.1. The van der Waals surface area contributed by atoms with Gasteiger partial charge in [-0.3, -0.25) is 9.69 Å². The Bertz CT molecular complexity index is 843. The van der Waals surface area contributed by atoms with E-state index in [2.05, 4.69) is 32.7 Å². The number of nitrogens with two attached hydrogens (primary N) is 1. The molecule has 1 atom stereocenters. The lowest BCUT2D eigenvalue weighted by molar-refractivity contribution is -0.136. The first-order valence-corrected chi connectivity index (χ1v) is 12.7. The van der Waals surface area contributed by atoms with Crippen LogP contribution in [0.15, 0.2) is 41.1 Å². The van der Waals surface area contributed by atoms with Crippen LogP contribution in [0, 0.1) is 5.92 Å². The minimum absolute atomic E-state index is 0.138. The van der Waals surface area contributed by atoms with Crippen molar-refractivity contribution >= 4 is 17.2 Å². The predicted octanol–water partition coefficient (Wildman–Crippen LogP) is 2.68. The largest absolute Gasteiger partial charge is 0.496 e. The van der Waals surface area contributed by atoms with Gasteiger partial charge in [0.05, 0.1) is 13.2 Å². The van der Waals surface area contributed by atoms with Crippen molar-refractivity contribution in [3.8, 4) is 5.75 Å². The SMILES string of the molecule is COc1ccccc1CN1CCN(C(=O)C(N)C2CCN(CCc3ccsc3)CC2)CC1. The molecule has 7 heteroatoms. The maximum absolute atomic E-state index is 13.1. The number of ether oxygens (including phenoxy) is 1. The van der Waals surface area contributed by atoms with E-state index < -0.39 is 0 Å². The lowest BCUT2D eigenvalue weighted by atomic mass is 9.89. The number of thiophene rings is 1. The second-order valence-electron chi connectivity index (χ2n) is 9.00. The Morgan fingerprint density at radius 3 is 2.53 bits per heavy atom. The lowest BCUT2D eigenvalue weighted by Gasteiger charge is -2.39. The molecule has 4 rings (SSSR count). The number of piperidine rings is 1. The average Bonchev–Trinajstić information content (AvgIpc) is 3.37. The maximum Gasteiger partial charge on any atom is 0.239 e. The minimum Gasteiger partial charge on any atom is -0.496 e. The van der Waals surface area contributed by atoms with Gasteiger partial charge in [0, 0.05) is 44.8 Å². The molecule has 0 spiro atoms. The fourth-order valence-corrected chi connectivity index (χ4v) is 5.57. The number of nitrogens with zero attached hydrogens (tertiary/aromatic N) is 3. The number of benzene rings is 1. The van der Waals surface area contributed by atoms with Gasteiger partial charge >= 0.3 is 0 Å². The molecule has 32 heavy (non-hydrogen) atoms. The molecule has 2 aliphatic rings. The molecule has 2 fully saturated rings. The highest BCUT2D eigenvalue weighted by molar-refractivity contribution is 7.07. The van der Waals surface area contributed by atoms with Crippen LogP contribution in [0.3, 0.4) is 0 Å². The number of carbonyl (C=O) groups is 1. The first-order chi connectivity index (χ1) is 15.6. The van der Waals surface area contributed by atoms with Gasteiger partial charge in [0.1, 0.15) is 5.75 Å². The number of hydrogen-bond donors (Lipinski definition) is 1. The van der Waals surface area contributed by atoms with Gasteiger partial charge in [0.2, 0.25) is 5.91 Å². The van der Waals surface area contributed by atoms with E-state index in [1.165, 1.54) is 11.1 Å². The third-order valence-corrected chi connectivity index (χ3v) is 7.72. The van der Waals surface area contributed by atoms with Crippen LogP contribution < -0.4 is 10.5 Å². The Balaban J connectivity index is 1.19. The molecule has 0 saturated carbocycles. The Hall–Kier alpha value is -1.93. The number of methoxy groups -OCH3 is 1. The molecule has 174 valence electrons. The number of para-hydroxylation sites is 1. The van der Waals surface area contributed by atoms with E-state index in [1.807, 2.05) is 23.1 Å². The average molecular weight is 457 g/mol. The van der Waals surface area contributed by atoms with Gasteiger partial charge in [-0.1, -0.05) is 18.2 Å². The highest BCUT2D eigenvalue weighted by atomic mass is 32.1. The van der Waals surface area contributed by atoms with E-state index in [9.17, 15) is 4.79 Å². The van der Waals surface area contributed by atoms with Gasteiger partial charge in [-0.15, -0.1) is 0 Å². The molecule has 2 saturated heterocycles. The van der Waals surface area contributed by atoms with Crippen LogP contribution in [0.2, 0.25) is 0 Å². The van der Waals surface area contributed by atoms with Crippen molar-refractivity contribution in [1.82, 2.24) is 14.7 Å². The van der Waals surface area contributed by atoms with Crippen molar-refractivity contribution in [3.63, 3.8) is 0 Å². The molecule has 6 nitrogen and oxygen atoms in total. The first kappa shape index (κ1) is 23.2. The Morgan fingerprint density at radius 1 is 1.09 bits per heavy atom. The van der Waals surface area contributed by atoms with Crippen molar-refractivity contribution in [3.05, 3.63) is 52.2 Å². The van der Waals surface area contributed by atoms with Gasteiger partial charge in [-0.05, 0) is 66.7 Å². The van der Waals surface area contributed by atoms with E-state index in [4.69, 9.17) is 10.5 Å². The molecular formula is C25H36N4O2S. The Morgan fingerprint density at radius 2 is 1.84 bits per heavy atom. The second-order valence-corrected chi connectivity index (χ2v) is 9.78. The summed E-state index contributed by atoms with van der Waals surface area (Å²) in [5, 5.41) is 4.38. The summed E-state index contributed by atoms with van der Waals surface area (Å²) in [7, 11) is 1.71. The highest BCUT2D eigenvalue weighted by Gasteiger charge is 2.32. The number of amides is 1. The van der Waals surface area contributed by atoms with Crippen molar-refractivity contribution < 1.29 is 9.53 Å². The summed E-state index contributed by atoms with van der Waals surface area (Å²) in [6.07, 6.45) is 3.15. The number of rotatable bonds is 8. The number of carbonyl (C=O) groups excluding carboxylic acids is 1. The molecular weight excluding hydrogens is 420 g/mol. The van der Waals surface area contributed by atoms with E-state index in [-0.39, 0.29) is 11.9 Å². The second kappa shape index (κ2) is 11.3. The monoisotopic (exact) mass is 456 g/mol. The molecule has 0 bridgehead atoms. The van der Waals surface area contributed by atoms with Crippen LogP contribution in [0.25, 0.3) is 0 Å². The Labute approximate surface area is 195 Å². The van der Waals surface area contributed by atoms with Crippen LogP contribution >= 0.6 is 11.3 Å². The van der Waals surface area contributed by atoms with Crippen LogP contribution in [0.5, 0.6) is 5.75 Å². The summed E-state index contributed by atoms with van der Waals surface area (Å²) in [5.41, 5.74) is 9.09. The Kier molecular flexibility index (Phi) is 8.19. The number of likely N-dealkylation sites (tertiary alicyclic amines) is 1. The van der Waals surface area contributed by atoms with Crippen LogP contribution in [-0.2, 0) is 17.8 Å². The standard InChI is InChI=1S/C25H36N4O2S/c1-31-23-5-3-2-4-22(23)18-28-13-15-29(16-14-28)25(30)24(26)21-7-11-27(12-8-21)10-6-20-9-17-32-19-20/h2-5,9,17,19,21,24H,6-8,10-16,18,26H2,1H3. The van der Waals surface area contributed by atoms with Gasteiger partial charge in [0.15, 0.2) is 0 Å². The summed E-state index contributed by atoms with van der Waals surface area (Å²) in [4.78, 5) is 20.0. The van der Waals surface area contributed by atoms with E-state index in [0.717, 1.165) is 77.4 Å². The number of piperazine rings is 1. The van der Waals surface area contributed by atoms with E-state index >= 15 is 0 Å². The van der Waals surface area contributed by atoms with Gasteiger partial charge in [-0.2, -0.15) is 11.3 Å². The molecule has 0 radical (unpaired) electrons. The third kappa shape index (κ3) is 5.90. The minimum atomic E-state index is -0.366. The molecule has 2 N–H and O–H groups in total. The first-order valence-electron chi connectivity index (χ1n) is 11.8. The smallest absolute Gasteiger partial charge is 0.239 e. The van der Waals surface area contributed by atoms with Crippen molar-refractivity contribution in [2.45, 2.75) is 31.8 Å². The summed E-state index contributed by atoms with van der Waals surface area (Å²) in [6.45, 7) is 7.28. The molecule has 2 aliphatic heterocycles. The zero-order valence-electron chi connectivity index (χ0n) is 19.1. The van der Waals surface area contributed by atoms with Crippen molar-refractivity contribution in [2.24, 2.45) is 11.7 Å². The van der Waals surface area contributed by atoms with Gasteiger partial charge in [0.25, 0.3) is 0 Å². The highest BCUT2D eigenvalue weighted by Crippen LogP contribution is 2.23. The summed E-state index contributed by atoms with van der Waals surface area (Å²) in [5.74, 6) is 1.36. The molecule has 1 unspecified atom stereocenters. The summed E-state index contributed by atoms with van der Waals surface area (Å²) < 4.78 is 5.48. The quantitative estimate of drug-likeness (QED) is 0.662. The molecule has 3 heterocycles. The number of hydrogen-bond acceptors (Lipinski definition) is 6. The van der Waals surface area contributed by atoms with Crippen LogP contribution in [0.4, 0.5) is 0 Å². The molecule has 0 aliphatic carbocycles. The molecule has 2 aromatic rings.